The molecule has 0 aliphatic carbocycles. The Labute approximate surface area is 102 Å². The predicted octanol–water partition coefficient (Wildman–Crippen LogP) is 3.37. The summed E-state index contributed by atoms with van der Waals surface area (Å²) >= 11 is 0. The molecule has 18 heavy (non-hydrogen) atoms. The number of nitrogens with one attached hydrogen (secondary N) is 1. The molecule has 0 aliphatic rings. The molecule has 0 saturated carbocycles. The monoisotopic (exact) mass is 235 g/mol. The average molecular weight is 235 g/mol. The van der Waals surface area contributed by atoms with E-state index in [0.717, 1.165) is 33.3 Å². The fourth-order valence-corrected chi connectivity index (χ4v) is 2.17. The van der Waals surface area contributed by atoms with E-state index in [1.54, 1.807) is 0 Å². The van der Waals surface area contributed by atoms with E-state index in [1.807, 2.05) is 48.5 Å². The van der Waals surface area contributed by atoms with Crippen LogP contribution >= 0.6 is 0 Å². The molecule has 4 rings (SSSR count). The van der Waals surface area contributed by atoms with E-state index in [9.17, 15) is 0 Å². The lowest BCUT2D eigenvalue weighted by atomic mass is 10.1. The van der Waals surface area contributed by atoms with Crippen molar-refractivity contribution < 1.29 is 4.42 Å². The average Bonchev–Trinajstić information content (AvgIpc) is 3.05. The Bertz CT molecular complexity index is 830. The Balaban J connectivity index is 2.04. The molecule has 0 radical (unpaired) electrons. The number of furan rings is 1. The summed E-state index contributed by atoms with van der Waals surface area (Å²) in [6.07, 6.45) is 0. The molecule has 86 valence electrons. The molecular formula is C14H9N3O. The number of nitrogens with zero attached hydrogens (tertiary/aromatic N) is 2. The zero-order chi connectivity index (χ0) is 11.9. The highest BCUT2D eigenvalue weighted by Gasteiger charge is 2.10. The van der Waals surface area contributed by atoms with Crippen LogP contribution in [-0.2, 0) is 0 Å². The molecule has 2 aromatic heterocycles. The van der Waals surface area contributed by atoms with Crippen molar-refractivity contribution in [3.63, 3.8) is 0 Å². The summed E-state index contributed by atoms with van der Waals surface area (Å²) in [5.41, 5.74) is 3.59. The van der Waals surface area contributed by atoms with E-state index in [4.69, 9.17) is 4.42 Å². The third-order valence-corrected chi connectivity index (χ3v) is 3.04. The summed E-state index contributed by atoms with van der Waals surface area (Å²) in [6.45, 7) is 0. The topological polar surface area (TPSA) is 54.7 Å². The van der Waals surface area contributed by atoms with Crippen LogP contribution in [0.2, 0.25) is 0 Å². The van der Waals surface area contributed by atoms with Crippen molar-refractivity contribution in [3.8, 4) is 11.3 Å². The molecule has 0 aliphatic heterocycles. The summed E-state index contributed by atoms with van der Waals surface area (Å²) < 4.78 is 5.85. The summed E-state index contributed by atoms with van der Waals surface area (Å²) in [5, 5.41) is 11.9. The van der Waals surface area contributed by atoms with Crippen molar-refractivity contribution in [2.75, 3.05) is 0 Å². The van der Waals surface area contributed by atoms with Gasteiger partial charge in [0, 0.05) is 5.56 Å². The normalized spacial score (nSPS) is 11.3. The Morgan fingerprint density at radius 2 is 1.83 bits per heavy atom. The smallest absolute Gasteiger partial charge is 0.137 e. The van der Waals surface area contributed by atoms with Gasteiger partial charge in [-0.3, -0.25) is 0 Å². The Morgan fingerprint density at radius 1 is 0.944 bits per heavy atom. The number of aromatic amines is 1. The third-order valence-electron chi connectivity index (χ3n) is 3.04. The maximum absolute atomic E-state index is 5.85. The largest absolute Gasteiger partial charge is 0.456 e. The molecular weight excluding hydrogens is 226 g/mol. The molecule has 1 N–H and O–H groups in total. The Kier molecular flexibility index (Phi) is 1.80. The molecule has 0 bridgehead atoms. The maximum atomic E-state index is 5.85. The minimum absolute atomic E-state index is 0.829. The van der Waals surface area contributed by atoms with Crippen molar-refractivity contribution in [2.24, 2.45) is 0 Å². The van der Waals surface area contributed by atoms with E-state index in [1.165, 1.54) is 0 Å². The van der Waals surface area contributed by atoms with Gasteiger partial charge in [0.25, 0.3) is 0 Å². The van der Waals surface area contributed by atoms with Gasteiger partial charge in [0.2, 0.25) is 0 Å². The zero-order valence-electron chi connectivity index (χ0n) is 9.42. The zero-order valence-corrected chi connectivity index (χ0v) is 9.42. The summed E-state index contributed by atoms with van der Waals surface area (Å²) in [5.74, 6) is 0.848. The first-order valence-electron chi connectivity index (χ1n) is 5.70. The number of aromatic nitrogens is 3. The summed E-state index contributed by atoms with van der Waals surface area (Å²) in [6, 6.07) is 15.9. The Hall–Kier alpha value is -2.62. The number of fused-ring (bicyclic) bond motifs is 3. The van der Waals surface area contributed by atoms with E-state index in [-0.39, 0.29) is 0 Å². The van der Waals surface area contributed by atoms with Crippen LogP contribution in [0.5, 0.6) is 0 Å². The van der Waals surface area contributed by atoms with Crippen LogP contribution in [0.25, 0.3) is 33.3 Å². The van der Waals surface area contributed by atoms with Gasteiger partial charge in [-0.25, -0.2) is 0 Å². The van der Waals surface area contributed by atoms with Gasteiger partial charge in [-0.1, -0.05) is 30.3 Å². The SMILES string of the molecule is c1ccc(-c2cc3c(ccc4n[nH]nc43)o2)cc1. The molecule has 4 aromatic rings. The van der Waals surface area contributed by atoms with E-state index >= 15 is 0 Å². The standard InChI is InChI=1S/C14H9N3O/c1-2-4-9(5-3-1)13-8-10-12(18-13)7-6-11-14(10)16-17-15-11/h1-8H,(H,15,16,17). The van der Waals surface area contributed by atoms with Gasteiger partial charge in [0.05, 0.1) is 5.39 Å². The van der Waals surface area contributed by atoms with Crippen LogP contribution in [0.4, 0.5) is 0 Å². The van der Waals surface area contributed by atoms with E-state index < -0.39 is 0 Å². The fraction of sp³-hybridized carbons (Fsp3) is 0. The van der Waals surface area contributed by atoms with Crippen LogP contribution in [0.15, 0.2) is 52.9 Å². The maximum Gasteiger partial charge on any atom is 0.137 e. The fourth-order valence-electron chi connectivity index (χ4n) is 2.17. The van der Waals surface area contributed by atoms with Gasteiger partial charge in [-0.2, -0.15) is 15.4 Å². The summed E-state index contributed by atoms with van der Waals surface area (Å²) in [4.78, 5) is 0. The van der Waals surface area contributed by atoms with Crippen LogP contribution in [0.1, 0.15) is 0 Å². The van der Waals surface area contributed by atoms with Gasteiger partial charge < -0.3 is 4.42 Å². The van der Waals surface area contributed by atoms with Crippen molar-refractivity contribution in [3.05, 3.63) is 48.5 Å². The predicted molar refractivity (Wildman–Crippen MR) is 69.1 cm³/mol. The number of benzene rings is 2. The first-order chi connectivity index (χ1) is 8.92. The quantitative estimate of drug-likeness (QED) is 0.550. The highest BCUT2D eigenvalue weighted by atomic mass is 16.3. The van der Waals surface area contributed by atoms with Crippen LogP contribution in [0.3, 0.4) is 0 Å². The van der Waals surface area contributed by atoms with Gasteiger partial charge >= 0.3 is 0 Å². The number of hydrogen-bond acceptors (Lipinski definition) is 3. The lowest BCUT2D eigenvalue weighted by molar-refractivity contribution is 0.632. The number of H-pyrrole nitrogens is 1. The van der Waals surface area contributed by atoms with Crippen LogP contribution in [-0.4, -0.2) is 15.4 Å². The molecule has 2 heterocycles. The highest BCUT2D eigenvalue weighted by Crippen LogP contribution is 2.30. The summed E-state index contributed by atoms with van der Waals surface area (Å²) in [7, 11) is 0. The highest BCUT2D eigenvalue weighted by molar-refractivity contribution is 6.03. The molecule has 0 fully saturated rings. The second kappa shape index (κ2) is 3.43. The second-order valence-electron chi connectivity index (χ2n) is 4.15. The minimum Gasteiger partial charge on any atom is -0.456 e. The minimum atomic E-state index is 0.829. The van der Waals surface area contributed by atoms with Gasteiger partial charge in [-0.05, 0) is 18.2 Å². The van der Waals surface area contributed by atoms with Gasteiger partial charge in [0.1, 0.15) is 22.4 Å². The van der Waals surface area contributed by atoms with Crippen molar-refractivity contribution in [1.29, 1.82) is 0 Å². The molecule has 0 amide bonds. The van der Waals surface area contributed by atoms with E-state index in [0.29, 0.717) is 0 Å². The molecule has 2 aromatic carbocycles. The van der Waals surface area contributed by atoms with E-state index in [2.05, 4.69) is 15.4 Å². The Morgan fingerprint density at radius 3 is 2.72 bits per heavy atom. The number of hydrogen-bond donors (Lipinski definition) is 1. The van der Waals surface area contributed by atoms with Crippen LogP contribution in [0, 0.1) is 0 Å². The molecule has 0 spiro atoms. The van der Waals surface area contributed by atoms with Gasteiger partial charge in [-0.15, -0.1) is 0 Å². The van der Waals surface area contributed by atoms with Crippen molar-refractivity contribution >= 4 is 22.0 Å². The number of rotatable bonds is 1. The lowest BCUT2D eigenvalue weighted by Crippen LogP contribution is -1.70. The molecule has 4 heteroatoms. The molecule has 0 unspecified atom stereocenters. The van der Waals surface area contributed by atoms with Crippen molar-refractivity contribution in [2.45, 2.75) is 0 Å². The second-order valence-corrected chi connectivity index (χ2v) is 4.15. The molecule has 0 atom stereocenters. The molecule has 4 nitrogen and oxygen atoms in total. The first-order valence-corrected chi connectivity index (χ1v) is 5.70. The van der Waals surface area contributed by atoms with Crippen molar-refractivity contribution in [1.82, 2.24) is 15.4 Å². The first kappa shape index (κ1) is 9.41. The van der Waals surface area contributed by atoms with Gasteiger partial charge in [0.15, 0.2) is 0 Å². The lowest BCUT2D eigenvalue weighted by Gasteiger charge is -1.93. The molecule has 0 saturated heterocycles. The van der Waals surface area contributed by atoms with Crippen LogP contribution < -0.4 is 0 Å². The third kappa shape index (κ3) is 1.26.